The second-order valence-corrected chi connectivity index (χ2v) is 8.35. The topological polar surface area (TPSA) is 9.23 Å². The average Bonchev–Trinajstić information content (AvgIpc) is 2.81. The molecular weight excluding hydrogens is 409 g/mol. The molecule has 0 aromatic heterocycles. The zero-order valence-electron chi connectivity index (χ0n) is 18.3. The van der Waals surface area contributed by atoms with Gasteiger partial charge in [-0.25, -0.2) is 8.78 Å². The number of ether oxygens (including phenoxy) is 1. The molecule has 0 N–H and O–H groups in total. The van der Waals surface area contributed by atoms with E-state index in [1.54, 1.807) is 12.1 Å². The Balaban J connectivity index is 1.54. The Morgan fingerprint density at radius 2 is 1.47 bits per heavy atom. The Hall–Kier alpha value is -3.01. The van der Waals surface area contributed by atoms with Crippen molar-refractivity contribution in [3.05, 3.63) is 106 Å². The smallest absolute Gasteiger partial charge is 0.201 e. The molecule has 4 heteroatoms. The molecule has 1 nitrogen and oxygen atoms in total. The van der Waals surface area contributed by atoms with Crippen molar-refractivity contribution in [2.45, 2.75) is 51.9 Å². The van der Waals surface area contributed by atoms with Gasteiger partial charge < -0.3 is 4.74 Å². The predicted octanol–water partition coefficient (Wildman–Crippen LogP) is 7.66. The molecule has 0 atom stereocenters. The standard InChI is InChI=1S/C28H27F3O/c1-3-5-7-18-8-10-19(11-9-18)12-13-21-16-23-17-22-15-14-20(6-4-2)25(30)27(22)32-28(23)26(31)24(21)29/h3,8-11,14-16H,1,4-7,12-13,17H2,2H3. The third kappa shape index (κ3) is 4.45. The SMILES string of the molecule is C=CCCc1ccc(CCc2cc3c(c(F)c2F)Oc2c(ccc(CCC)c2F)C3)cc1. The van der Waals surface area contributed by atoms with Gasteiger partial charge in [0.15, 0.2) is 23.1 Å². The van der Waals surface area contributed by atoms with E-state index >= 15 is 0 Å². The van der Waals surface area contributed by atoms with E-state index in [1.807, 2.05) is 31.2 Å². The molecule has 4 rings (SSSR count). The van der Waals surface area contributed by atoms with Crippen molar-refractivity contribution in [1.29, 1.82) is 0 Å². The maximum atomic E-state index is 14.9. The Kier molecular flexibility index (Phi) is 6.69. The monoisotopic (exact) mass is 436 g/mol. The van der Waals surface area contributed by atoms with Gasteiger partial charge in [0.2, 0.25) is 5.82 Å². The number of aryl methyl sites for hydroxylation is 4. The van der Waals surface area contributed by atoms with Crippen LogP contribution in [0.2, 0.25) is 0 Å². The molecule has 0 radical (unpaired) electrons. The van der Waals surface area contributed by atoms with Gasteiger partial charge in [-0.2, -0.15) is 4.39 Å². The molecule has 0 bridgehead atoms. The molecule has 3 aromatic rings. The quantitative estimate of drug-likeness (QED) is 0.258. The minimum absolute atomic E-state index is 0.0195. The first kappa shape index (κ1) is 22.2. The fourth-order valence-corrected chi connectivity index (χ4v) is 4.22. The van der Waals surface area contributed by atoms with Crippen LogP contribution in [0.4, 0.5) is 13.2 Å². The Labute approximate surface area is 187 Å². The van der Waals surface area contributed by atoms with Crippen LogP contribution in [0, 0.1) is 17.5 Å². The van der Waals surface area contributed by atoms with Crippen molar-refractivity contribution < 1.29 is 17.9 Å². The highest BCUT2D eigenvalue weighted by atomic mass is 19.2. The van der Waals surface area contributed by atoms with Gasteiger partial charge in [0.05, 0.1) is 0 Å². The molecule has 0 unspecified atom stereocenters. The summed E-state index contributed by atoms with van der Waals surface area (Å²) in [6.07, 6.45) is 6.40. The van der Waals surface area contributed by atoms with Crippen LogP contribution in [0.25, 0.3) is 0 Å². The van der Waals surface area contributed by atoms with Gasteiger partial charge in [-0.15, -0.1) is 6.58 Å². The third-order valence-corrected chi connectivity index (χ3v) is 6.02. The van der Waals surface area contributed by atoms with Crippen LogP contribution in [-0.4, -0.2) is 0 Å². The summed E-state index contributed by atoms with van der Waals surface area (Å²) in [5, 5.41) is 0. The minimum Gasteiger partial charge on any atom is -0.450 e. The van der Waals surface area contributed by atoms with Crippen molar-refractivity contribution in [3.63, 3.8) is 0 Å². The fourth-order valence-electron chi connectivity index (χ4n) is 4.22. The summed E-state index contributed by atoms with van der Waals surface area (Å²) in [6.45, 7) is 5.70. The summed E-state index contributed by atoms with van der Waals surface area (Å²) in [5.41, 5.74) is 4.34. The van der Waals surface area contributed by atoms with Crippen molar-refractivity contribution in [2.24, 2.45) is 0 Å². The predicted molar refractivity (Wildman–Crippen MR) is 122 cm³/mol. The highest BCUT2D eigenvalue weighted by molar-refractivity contribution is 5.53. The lowest BCUT2D eigenvalue weighted by Crippen LogP contribution is -2.11. The van der Waals surface area contributed by atoms with E-state index in [9.17, 15) is 13.2 Å². The number of hydrogen-bond donors (Lipinski definition) is 0. The van der Waals surface area contributed by atoms with Crippen LogP contribution in [-0.2, 0) is 32.1 Å². The Morgan fingerprint density at radius 1 is 0.781 bits per heavy atom. The Bertz CT molecular complexity index is 1130. The maximum Gasteiger partial charge on any atom is 0.201 e. The van der Waals surface area contributed by atoms with Gasteiger partial charge >= 0.3 is 0 Å². The molecule has 166 valence electrons. The lowest BCUT2D eigenvalue weighted by atomic mass is 9.94. The molecule has 1 aliphatic heterocycles. The molecule has 0 saturated heterocycles. The van der Waals surface area contributed by atoms with Crippen molar-refractivity contribution in [3.8, 4) is 11.5 Å². The summed E-state index contributed by atoms with van der Waals surface area (Å²) in [6, 6.07) is 13.4. The van der Waals surface area contributed by atoms with Crippen LogP contribution < -0.4 is 4.74 Å². The van der Waals surface area contributed by atoms with Gasteiger partial charge in [0, 0.05) is 17.5 Å². The summed E-state index contributed by atoms with van der Waals surface area (Å²) in [5.74, 6) is -2.61. The molecule has 0 saturated carbocycles. The van der Waals surface area contributed by atoms with Crippen molar-refractivity contribution >= 4 is 0 Å². The minimum atomic E-state index is -1.04. The number of allylic oxidation sites excluding steroid dienone is 1. The zero-order valence-corrected chi connectivity index (χ0v) is 18.3. The van der Waals surface area contributed by atoms with Gasteiger partial charge in [-0.1, -0.05) is 55.8 Å². The second kappa shape index (κ2) is 9.64. The molecule has 0 amide bonds. The van der Waals surface area contributed by atoms with Crippen LogP contribution in [0.15, 0.2) is 55.1 Å². The highest BCUT2D eigenvalue weighted by Crippen LogP contribution is 2.42. The molecule has 32 heavy (non-hydrogen) atoms. The molecular formula is C28H27F3O. The molecule has 1 heterocycles. The molecule has 0 spiro atoms. The average molecular weight is 437 g/mol. The number of hydrogen-bond acceptors (Lipinski definition) is 1. The first-order valence-corrected chi connectivity index (χ1v) is 11.2. The van der Waals surface area contributed by atoms with E-state index in [0.717, 1.165) is 24.8 Å². The maximum absolute atomic E-state index is 14.9. The van der Waals surface area contributed by atoms with E-state index in [-0.39, 0.29) is 11.5 Å². The molecule has 1 aliphatic rings. The normalized spacial score (nSPS) is 12.1. The first-order valence-electron chi connectivity index (χ1n) is 11.2. The summed E-state index contributed by atoms with van der Waals surface area (Å²) in [4.78, 5) is 0. The van der Waals surface area contributed by atoms with Gasteiger partial charge in [0.1, 0.15) is 0 Å². The van der Waals surface area contributed by atoms with Gasteiger partial charge in [-0.05, 0) is 60.4 Å². The lowest BCUT2D eigenvalue weighted by Gasteiger charge is -2.23. The Morgan fingerprint density at radius 3 is 2.16 bits per heavy atom. The van der Waals surface area contributed by atoms with E-state index in [4.69, 9.17) is 4.74 Å². The molecule has 3 aromatic carbocycles. The van der Waals surface area contributed by atoms with Crippen molar-refractivity contribution in [2.75, 3.05) is 0 Å². The van der Waals surface area contributed by atoms with E-state index in [2.05, 4.69) is 18.7 Å². The van der Waals surface area contributed by atoms with Gasteiger partial charge in [-0.3, -0.25) is 0 Å². The van der Waals surface area contributed by atoms with Crippen LogP contribution in [0.5, 0.6) is 11.5 Å². The summed E-state index contributed by atoms with van der Waals surface area (Å²) < 4.78 is 50.1. The third-order valence-electron chi connectivity index (χ3n) is 6.02. The summed E-state index contributed by atoms with van der Waals surface area (Å²) in [7, 11) is 0. The number of benzene rings is 3. The number of rotatable bonds is 8. The lowest BCUT2D eigenvalue weighted by molar-refractivity contribution is 0.377. The van der Waals surface area contributed by atoms with Gasteiger partial charge in [0.25, 0.3) is 0 Å². The molecule has 0 fully saturated rings. The number of fused-ring (bicyclic) bond motifs is 2. The van der Waals surface area contributed by atoms with Crippen molar-refractivity contribution in [1.82, 2.24) is 0 Å². The summed E-state index contributed by atoms with van der Waals surface area (Å²) >= 11 is 0. The zero-order chi connectivity index (χ0) is 22.7. The molecule has 0 aliphatic carbocycles. The van der Waals surface area contributed by atoms with E-state index in [1.165, 1.54) is 5.56 Å². The first-order chi connectivity index (χ1) is 15.5. The van der Waals surface area contributed by atoms with Crippen LogP contribution in [0.1, 0.15) is 53.1 Å². The van der Waals surface area contributed by atoms with E-state index < -0.39 is 17.5 Å². The fraction of sp³-hybridized carbons (Fsp3) is 0.286. The highest BCUT2D eigenvalue weighted by Gasteiger charge is 2.28. The van der Waals surface area contributed by atoms with E-state index in [0.29, 0.717) is 47.9 Å². The second-order valence-electron chi connectivity index (χ2n) is 8.35. The van der Waals surface area contributed by atoms with Crippen LogP contribution in [0.3, 0.4) is 0 Å². The number of halogens is 3. The van der Waals surface area contributed by atoms with Crippen LogP contribution >= 0.6 is 0 Å². The largest absolute Gasteiger partial charge is 0.450 e.